The highest BCUT2D eigenvalue weighted by atomic mass is 19.1. The second kappa shape index (κ2) is 8.60. The van der Waals surface area contributed by atoms with Crippen LogP contribution < -0.4 is 4.74 Å². The summed E-state index contributed by atoms with van der Waals surface area (Å²) < 4.78 is 33.5. The standard InChI is InChI=1S/C27H28FN3O5/c1-27(26(32)33)12-17(14-36-27)24-19-11-21-16(13-29-30-21)9-22(19)31(25(24)15-5-7-35-8-6-15)18-3-4-20(28)23(10-18)34-2/h3-4,9-11,13,15,17H,5-8,12,14H2,1-2H3,(H,29,30)(H,32,33)/t17-,27+/m0/s1. The topological polar surface area (TPSA) is 98.6 Å². The summed E-state index contributed by atoms with van der Waals surface area (Å²) in [5.41, 5.74) is 3.58. The van der Waals surface area contributed by atoms with E-state index in [9.17, 15) is 14.3 Å². The lowest BCUT2D eigenvalue weighted by Gasteiger charge is -2.27. The quantitative estimate of drug-likeness (QED) is 0.411. The van der Waals surface area contributed by atoms with Crippen molar-refractivity contribution >= 4 is 27.8 Å². The molecule has 0 aliphatic carbocycles. The molecule has 2 atom stereocenters. The van der Waals surface area contributed by atoms with Crippen molar-refractivity contribution in [2.75, 3.05) is 26.9 Å². The Labute approximate surface area is 206 Å². The predicted octanol–water partition coefficient (Wildman–Crippen LogP) is 4.90. The molecule has 4 heterocycles. The number of aromatic nitrogens is 3. The highest BCUT2D eigenvalue weighted by Gasteiger charge is 2.45. The van der Waals surface area contributed by atoms with Crippen molar-refractivity contribution in [2.24, 2.45) is 0 Å². The molecular formula is C27H28FN3O5. The summed E-state index contributed by atoms with van der Waals surface area (Å²) in [4.78, 5) is 12.0. The van der Waals surface area contributed by atoms with Gasteiger partial charge < -0.3 is 23.9 Å². The smallest absolute Gasteiger partial charge is 0.335 e. The molecule has 6 rings (SSSR count). The zero-order valence-corrected chi connectivity index (χ0v) is 20.2. The second-order valence-corrected chi connectivity index (χ2v) is 9.91. The maximum absolute atomic E-state index is 14.4. The van der Waals surface area contributed by atoms with E-state index >= 15 is 0 Å². The van der Waals surface area contributed by atoms with E-state index in [-0.39, 0.29) is 17.6 Å². The maximum Gasteiger partial charge on any atom is 0.335 e. The van der Waals surface area contributed by atoms with E-state index in [0.29, 0.717) is 26.2 Å². The fourth-order valence-electron chi connectivity index (χ4n) is 5.84. The number of nitrogens with one attached hydrogen (secondary N) is 1. The molecule has 2 aliphatic heterocycles. The number of benzene rings is 2. The largest absolute Gasteiger partial charge is 0.494 e. The minimum absolute atomic E-state index is 0.115. The first-order valence-corrected chi connectivity index (χ1v) is 12.2. The van der Waals surface area contributed by atoms with Gasteiger partial charge in [0.15, 0.2) is 17.2 Å². The van der Waals surface area contributed by atoms with Crippen molar-refractivity contribution in [3.63, 3.8) is 0 Å². The van der Waals surface area contributed by atoms with Crippen LogP contribution in [0, 0.1) is 5.82 Å². The molecule has 2 saturated heterocycles. The molecule has 4 aromatic rings. The SMILES string of the molecule is COc1cc(-n2c(C3CCOCC3)c([C@@H]3CO[C@@](C)(C(=O)O)C3)c3cc4[nH]ncc4cc32)ccc1F. The van der Waals surface area contributed by atoms with Gasteiger partial charge in [-0.1, -0.05) is 0 Å². The number of ether oxygens (including phenoxy) is 3. The fourth-order valence-corrected chi connectivity index (χ4v) is 5.84. The monoisotopic (exact) mass is 493 g/mol. The van der Waals surface area contributed by atoms with E-state index in [1.807, 2.05) is 0 Å². The average molecular weight is 494 g/mol. The number of H-pyrrole nitrogens is 1. The van der Waals surface area contributed by atoms with E-state index in [2.05, 4.69) is 26.9 Å². The molecular weight excluding hydrogens is 465 g/mol. The molecule has 0 amide bonds. The molecule has 8 nitrogen and oxygen atoms in total. The molecule has 0 bridgehead atoms. The molecule has 2 fully saturated rings. The van der Waals surface area contributed by atoms with Gasteiger partial charge in [-0.15, -0.1) is 0 Å². The molecule has 36 heavy (non-hydrogen) atoms. The van der Waals surface area contributed by atoms with Crippen LogP contribution in [0.3, 0.4) is 0 Å². The van der Waals surface area contributed by atoms with Crippen molar-refractivity contribution in [1.29, 1.82) is 0 Å². The predicted molar refractivity (Wildman–Crippen MR) is 132 cm³/mol. The zero-order valence-electron chi connectivity index (χ0n) is 20.2. The van der Waals surface area contributed by atoms with Crippen LogP contribution >= 0.6 is 0 Å². The van der Waals surface area contributed by atoms with Crippen LogP contribution in [-0.2, 0) is 14.3 Å². The van der Waals surface area contributed by atoms with Crippen LogP contribution in [-0.4, -0.2) is 58.4 Å². The van der Waals surface area contributed by atoms with Crippen molar-refractivity contribution in [3.8, 4) is 11.4 Å². The number of rotatable bonds is 5. The van der Waals surface area contributed by atoms with Gasteiger partial charge in [-0.2, -0.15) is 5.10 Å². The van der Waals surface area contributed by atoms with E-state index in [0.717, 1.165) is 51.6 Å². The van der Waals surface area contributed by atoms with Crippen LogP contribution in [0.2, 0.25) is 0 Å². The molecule has 2 N–H and O–H groups in total. The minimum Gasteiger partial charge on any atom is -0.494 e. The maximum atomic E-state index is 14.4. The van der Waals surface area contributed by atoms with Gasteiger partial charge in [-0.3, -0.25) is 5.10 Å². The summed E-state index contributed by atoms with van der Waals surface area (Å²) in [6.07, 6.45) is 3.83. The Morgan fingerprint density at radius 1 is 1.25 bits per heavy atom. The Morgan fingerprint density at radius 2 is 2.06 bits per heavy atom. The Morgan fingerprint density at radius 3 is 2.78 bits per heavy atom. The summed E-state index contributed by atoms with van der Waals surface area (Å²) in [5, 5.41) is 19.1. The first-order chi connectivity index (χ1) is 17.4. The number of nitrogens with zero attached hydrogens (tertiary/aromatic N) is 2. The highest BCUT2D eigenvalue weighted by molar-refractivity contribution is 5.99. The van der Waals surface area contributed by atoms with Gasteiger partial charge in [-0.25, -0.2) is 9.18 Å². The summed E-state index contributed by atoms with van der Waals surface area (Å²) in [7, 11) is 1.46. The third-order valence-electron chi connectivity index (χ3n) is 7.70. The first kappa shape index (κ1) is 23.0. The molecule has 188 valence electrons. The van der Waals surface area contributed by atoms with Gasteiger partial charge in [-0.05, 0) is 56.0 Å². The van der Waals surface area contributed by atoms with Crippen LogP contribution in [0.4, 0.5) is 4.39 Å². The molecule has 0 unspecified atom stereocenters. The van der Waals surface area contributed by atoms with Gasteiger partial charge in [0.1, 0.15) is 0 Å². The molecule has 0 saturated carbocycles. The molecule has 2 aromatic heterocycles. The van der Waals surface area contributed by atoms with Crippen LogP contribution in [0.1, 0.15) is 49.3 Å². The average Bonchev–Trinajstić information content (AvgIpc) is 3.59. The Balaban J connectivity index is 1.66. The number of carbonyl (C=O) groups is 1. The molecule has 9 heteroatoms. The van der Waals surface area contributed by atoms with E-state index in [4.69, 9.17) is 14.2 Å². The molecule has 0 spiro atoms. The lowest BCUT2D eigenvalue weighted by atomic mass is 9.84. The van der Waals surface area contributed by atoms with Gasteiger partial charge in [0.25, 0.3) is 0 Å². The summed E-state index contributed by atoms with van der Waals surface area (Å²) in [6.45, 7) is 3.25. The van der Waals surface area contributed by atoms with Crippen LogP contribution in [0.5, 0.6) is 5.75 Å². The number of methoxy groups -OCH3 is 1. The third kappa shape index (κ3) is 3.57. The van der Waals surface area contributed by atoms with Crippen molar-refractivity contribution in [2.45, 2.75) is 43.6 Å². The number of fused-ring (bicyclic) bond motifs is 2. The first-order valence-electron chi connectivity index (χ1n) is 12.2. The number of carboxylic acids is 1. The number of halogens is 1. The Bertz CT molecular complexity index is 1470. The van der Waals surface area contributed by atoms with Crippen molar-refractivity contribution in [3.05, 3.63) is 53.6 Å². The second-order valence-electron chi connectivity index (χ2n) is 9.91. The van der Waals surface area contributed by atoms with Gasteiger partial charge in [0.2, 0.25) is 0 Å². The molecule has 2 aliphatic rings. The summed E-state index contributed by atoms with van der Waals surface area (Å²) in [5.74, 6) is -1.15. The van der Waals surface area contributed by atoms with Crippen molar-refractivity contribution in [1.82, 2.24) is 14.8 Å². The number of hydrogen-bond donors (Lipinski definition) is 2. The number of aliphatic carboxylic acids is 1. The Kier molecular flexibility index (Phi) is 5.49. The van der Waals surface area contributed by atoms with Crippen LogP contribution in [0.15, 0.2) is 36.5 Å². The summed E-state index contributed by atoms with van der Waals surface area (Å²) in [6, 6.07) is 9.07. The minimum atomic E-state index is -1.25. The lowest BCUT2D eigenvalue weighted by Crippen LogP contribution is -2.34. The van der Waals surface area contributed by atoms with Crippen molar-refractivity contribution < 1.29 is 28.5 Å². The number of aromatic amines is 1. The highest BCUT2D eigenvalue weighted by Crippen LogP contribution is 2.47. The van der Waals surface area contributed by atoms with Gasteiger partial charge in [0.05, 0.1) is 30.9 Å². The normalized spacial score (nSPS) is 23.0. The molecule has 0 radical (unpaired) electrons. The zero-order chi connectivity index (χ0) is 25.0. The third-order valence-corrected chi connectivity index (χ3v) is 7.70. The fraction of sp³-hybridized carbons (Fsp3) is 0.407. The van der Waals surface area contributed by atoms with Gasteiger partial charge in [0, 0.05) is 53.3 Å². The van der Waals surface area contributed by atoms with Crippen LogP contribution in [0.25, 0.3) is 27.5 Å². The molecule has 2 aromatic carbocycles. The lowest BCUT2D eigenvalue weighted by molar-refractivity contribution is -0.157. The number of carboxylic acid groups (broad SMARTS) is 1. The van der Waals surface area contributed by atoms with E-state index in [1.165, 1.54) is 13.2 Å². The van der Waals surface area contributed by atoms with E-state index < -0.39 is 17.4 Å². The number of hydrogen-bond acceptors (Lipinski definition) is 5. The van der Waals surface area contributed by atoms with Gasteiger partial charge >= 0.3 is 5.97 Å². The summed E-state index contributed by atoms with van der Waals surface area (Å²) >= 11 is 0. The Hall–Kier alpha value is -3.43. The van der Waals surface area contributed by atoms with E-state index in [1.54, 1.807) is 25.3 Å².